The number of nitrogens with zero attached hydrogens (tertiary/aromatic N) is 1. The van der Waals surface area contributed by atoms with Crippen LogP contribution in [0.15, 0.2) is 30.3 Å². The van der Waals surface area contributed by atoms with Crippen molar-refractivity contribution in [2.24, 2.45) is 0 Å². The maximum absolute atomic E-state index is 13.9. The van der Waals surface area contributed by atoms with Crippen LogP contribution in [0, 0.1) is 5.82 Å². The van der Waals surface area contributed by atoms with Crippen LogP contribution in [0.2, 0.25) is 5.02 Å². The minimum Gasteiger partial charge on any atom is -0.493 e. The quantitative estimate of drug-likeness (QED) is 0.779. The molecule has 0 saturated heterocycles. The number of amides is 1. The van der Waals surface area contributed by atoms with Gasteiger partial charge in [0.1, 0.15) is 5.82 Å². The van der Waals surface area contributed by atoms with Gasteiger partial charge in [0, 0.05) is 24.2 Å². The maximum atomic E-state index is 13.9. The van der Waals surface area contributed by atoms with Gasteiger partial charge in [-0.25, -0.2) is 4.39 Å². The third-order valence-electron chi connectivity index (χ3n) is 3.70. The second-order valence-corrected chi connectivity index (χ2v) is 5.72. The molecule has 0 heterocycles. The van der Waals surface area contributed by atoms with Gasteiger partial charge < -0.3 is 19.1 Å². The van der Waals surface area contributed by atoms with E-state index in [1.165, 1.54) is 44.4 Å². The Bertz CT molecular complexity index is 782. The molecular weight excluding hydrogens is 349 g/mol. The van der Waals surface area contributed by atoms with Crippen molar-refractivity contribution in [3.8, 4) is 17.2 Å². The van der Waals surface area contributed by atoms with Gasteiger partial charge in [-0.3, -0.25) is 4.79 Å². The molecule has 0 N–H and O–H groups in total. The van der Waals surface area contributed by atoms with Crippen LogP contribution in [-0.4, -0.2) is 39.2 Å². The van der Waals surface area contributed by atoms with Gasteiger partial charge in [0.05, 0.1) is 26.9 Å². The summed E-state index contributed by atoms with van der Waals surface area (Å²) in [4.78, 5) is 13.9. The van der Waals surface area contributed by atoms with Crippen molar-refractivity contribution >= 4 is 17.5 Å². The number of carbonyl (C=O) groups is 1. The summed E-state index contributed by atoms with van der Waals surface area (Å²) < 4.78 is 29.9. The first-order chi connectivity index (χ1) is 11.9. The van der Waals surface area contributed by atoms with Crippen LogP contribution in [0.4, 0.5) is 4.39 Å². The molecule has 5 nitrogen and oxygen atoms in total. The molecule has 0 saturated carbocycles. The summed E-state index contributed by atoms with van der Waals surface area (Å²) in [5, 5.41) is 0.293. The molecule has 0 aliphatic carbocycles. The zero-order valence-electron chi connectivity index (χ0n) is 14.4. The number of hydrogen-bond donors (Lipinski definition) is 0. The van der Waals surface area contributed by atoms with Gasteiger partial charge in [0.15, 0.2) is 11.5 Å². The molecule has 25 heavy (non-hydrogen) atoms. The van der Waals surface area contributed by atoms with Crippen LogP contribution in [-0.2, 0) is 6.54 Å². The Morgan fingerprint density at radius 3 is 2.36 bits per heavy atom. The van der Waals surface area contributed by atoms with Gasteiger partial charge in [-0.1, -0.05) is 11.6 Å². The fourth-order valence-electron chi connectivity index (χ4n) is 2.48. The summed E-state index contributed by atoms with van der Waals surface area (Å²) in [5.74, 6) is 0.278. The van der Waals surface area contributed by atoms with Crippen LogP contribution in [0.3, 0.4) is 0 Å². The molecular formula is C18H19ClFNO4. The average Bonchev–Trinajstić information content (AvgIpc) is 2.62. The highest BCUT2D eigenvalue weighted by Crippen LogP contribution is 2.40. The molecule has 0 aromatic heterocycles. The topological polar surface area (TPSA) is 48.0 Å². The van der Waals surface area contributed by atoms with Crippen LogP contribution >= 0.6 is 11.6 Å². The van der Waals surface area contributed by atoms with E-state index in [0.29, 0.717) is 27.8 Å². The number of methoxy groups -OCH3 is 3. The Hall–Kier alpha value is -2.47. The number of carbonyl (C=O) groups excluding carboxylic acids is 1. The monoisotopic (exact) mass is 367 g/mol. The SMILES string of the molecule is COc1ccc(CN(C)C(=O)c2cc(Cl)ccc2F)c(OC)c1OC. The highest BCUT2D eigenvalue weighted by atomic mass is 35.5. The first kappa shape index (κ1) is 18.9. The molecule has 0 atom stereocenters. The summed E-state index contributed by atoms with van der Waals surface area (Å²) >= 11 is 5.86. The minimum atomic E-state index is -0.625. The van der Waals surface area contributed by atoms with Gasteiger partial charge in [-0.15, -0.1) is 0 Å². The largest absolute Gasteiger partial charge is 0.493 e. The molecule has 2 rings (SSSR count). The number of ether oxygens (including phenoxy) is 3. The van der Waals surface area contributed by atoms with E-state index >= 15 is 0 Å². The molecule has 134 valence electrons. The van der Waals surface area contributed by atoms with E-state index in [0.717, 1.165) is 0 Å². The summed E-state index contributed by atoms with van der Waals surface area (Å²) in [7, 11) is 6.09. The molecule has 0 bridgehead atoms. The first-order valence-corrected chi connectivity index (χ1v) is 7.79. The Labute approximate surface area is 150 Å². The molecule has 0 radical (unpaired) electrons. The van der Waals surface area contributed by atoms with Gasteiger partial charge in [0.2, 0.25) is 5.75 Å². The van der Waals surface area contributed by atoms with Crippen molar-refractivity contribution in [2.45, 2.75) is 6.54 Å². The number of benzene rings is 2. The van der Waals surface area contributed by atoms with Crippen LogP contribution in [0.1, 0.15) is 15.9 Å². The zero-order valence-corrected chi connectivity index (χ0v) is 15.2. The van der Waals surface area contributed by atoms with Crippen LogP contribution in [0.25, 0.3) is 0 Å². The Morgan fingerprint density at radius 1 is 1.08 bits per heavy atom. The summed E-state index contributed by atoms with van der Waals surface area (Å²) in [6.45, 7) is 0.189. The van der Waals surface area contributed by atoms with E-state index in [1.54, 1.807) is 19.2 Å². The van der Waals surface area contributed by atoms with Crippen molar-refractivity contribution in [3.63, 3.8) is 0 Å². The van der Waals surface area contributed by atoms with E-state index in [4.69, 9.17) is 25.8 Å². The normalized spacial score (nSPS) is 10.3. The highest BCUT2D eigenvalue weighted by molar-refractivity contribution is 6.31. The van der Waals surface area contributed by atoms with E-state index in [-0.39, 0.29) is 12.1 Å². The lowest BCUT2D eigenvalue weighted by atomic mass is 10.1. The molecule has 0 spiro atoms. The smallest absolute Gasteiger partial charge is 0.256 e. The molecule has 2 aromatic rings. The molecule has 0 unspecified atom stereocenters. The Morgan fingerprint density at radius 2 is 1.76 bits per heavy atom. The predicted molar refractivity (Wildman–Crippen MR) is 93.3 cm³/mol. The summed E-state index contributed by atoms with van der Waals surface area (Å²) in [5.41, 5.74) is 0.605. The third kappa shape index (κ3) is 3.96. The number of rotatable bonds is 6. The molecule has 2 aromatic carbocycles. The van der Waals surface area contributed by atoms with Crippen molar-refractivity contribution in [2.75, 3.05) is 28.4 Å². The number of hydrogen-bond acceptors (Lipinski definition) is 4. The standard InChI is InChI=1S/C18H19ClFNO4/c1-21(18(22)13-9-12(19)6-7-14(13)20)10-11-5-8-15(23-2)17(25-4)16(11)24-3/h5-9H,10H2,1-4H3. The minimum absolute atomic E-state index is 0.0885. The Balaban J connectivity index is 2.32. The molecule has 0 aliphatic rings. The van der Waals surface area contributed by atoms with Gasteiger partial charge in [0.25, 0.3) is 5.91 Å². The average molecular weight is 368 g/mol. The molecule has 1 amide bonds. The van der Waals surface area contributed by atoms with Gasteiger partial charge >= 0.3 is 0 Å². The van der Waals surface area contributed by atoms with Crippen molar-refractivity contribution in [1.82, 2.24) is 4.90 Å². The van der Waals surface area contributed by atoms with E-state index in [2.05, 4.69) is 0 Å². The van der Waals surface area contributed by atoms with Crippen molar-refractivity contribution in [3.05, 3.63) is 52.3 Å². The lowest BCUT2D eigenvalue weighted by molar-refractivity contribution is 0.0779. The van der Waals surface area contributed by atoms with Gasteiger partial charge in [-0.05, 0) is 30.3 Å². The summed E-state index contributed by atoms with van der Waals surface area (Å²) in [6, 6.07) is 7.35. The van der Waals surface area contributed by atoms with Crippen molar-refractivity contribution in [1.29, 1.82) is 0 Å². The predicted octanol–water partition coefficient (Wildman–Crippen LogP) is 3.78. The highest BCUT2D eigenvalue weighted by Gasteiger charge is 2.21. The van der Waals surface area contributed by atoms with E-state index < -0.39 is 11.7 Å². The van der Waals surface area contributed by atoms with E-state index in [9.17, 15) is 9.18 Å². The van der Waals surface area contributed by atoms with Crippen LogP contribution in [0.5, 0.6) is 17.2 Å². The second-order valence-electron chi connectivity index (χ2n) is 5.28. The second kappa shape index (κ2) is 8.07. The molecule has 7 heteroatoms. The fraction of sp³-hybridized carbons (Fsp3) is 0.278. The summed E-state index contributed by atoms with van der Waals surface area (Å²) in [6.07, 6.45) is 0. The Kier molecular flexibility index (Phi) is 6.09. The van der Waals surface area contributed by atoms with Gasteiger partial charge in [-0.2, -0.15) is 0 Å². The third-order valence-corrected chi connectivity index (χ3v) is 3.93. The maximum Gasteiger partial charge on any atom is 0.256 e. The first-order valence-electron chi connectivity index (χ1n) is 7.41. The molecule has 0 fully saturated rings. The fourth-order valence-corrected chi connectivity index (χ4v) is 2.65. The lowest BCUT2D eigenvalue weighted by Gasteiger charge is -2.21. The zero-order chi connectivity index (χ0) is 18.6. The van der Waals surface area contributed by atoms with E-state index in [1.807, 2.05) is 0 Å². The van der Waals surface area contributed by atoms with Crippen molar-refractivity contribution < 1.29 is 23.4 Å². The number of halogens is 2. The van der Waals surface area contributed by atoms with Crippen LogP contribution < -0.4 is 14.2 Å². The lowest BCUT2D eigenvalue weighted by Crippen LogP contribution is -2.27. The molecule has 0 aliphatic heterocycles.